The fraction of sp³-hybridized carbons (Fsp3) is 0.385. The molecule has 0 atom stereocenters. The Bertz CT molecular complexity index is 544. The van der Waals surface area contributed by atoms with Gasteiger partial charge in [-0.2, -0.15) is 0 Å². The van der Waals surface area contributed by atoms with Crippen molar-refractivity contribution in [2.24, 2.45) is 5.41 Å². The highest BCUT2D eigenvalue weighted by molar-refractivity contribution is 6.39. The lowest BCUT2D eigenvalue weighted by Crippen LogP contribution is -2.39. The molecule has 1 saturated carbocycles. The van der Waals surface area contributed by atoms with Gasteiger partial charge in [0, 0.05) is 18.0 Å². The molecule has 0 aromatic heterocycles. The van der Waals surface area contributed by atoms with Crippen LogP contribution in [0.15, 0.2) is 18.2 Å². The van der Waals surface area contributed by atoms with Crippen LogP contribution in [0, 0.1) is 17.0 Å². The topological polar surface area (TPSA) is 78.4 Å². The van der Waals surface area contributed by atoms with Crippen molar-refractivity contribution in [3.63, 3.8) is 0 Å². The van der Waals surface area contributed by atoms with Crippen molar-refractivity contribution in [1.29, 1.82) is 0 Å². The summed E-state index contributed by atoms with van der Waals surface area (Å²) in [5, 5.41) is 13.4. The number of aliphatic hydroxyl groups is 1. The molecule has 7 heteroatoms. The molecule has 0 saturated heterocycles. The number of carbonyl (C=O) groups excluding carboxylic acids is 2. The van der Waals surface area contributed by atoms with Crippen LogP contribution in [0.1, 0.15) is 12.8 Å². The molecule has 0 unspecified atom stereocenters. The van der Waals surface area contributed by atoms with Crippen LogP contribution in [0.3, 0.4) is 0 Å². The van der Waals surface area contributed by atoms with Crippen molar-refractivity contribution >= 4 is 17.5 Å². The standard InChI is InChI=1S/C13H14F2N2O3/c14-8-1-2-9(15)10(5-8)17-12(20)11(19)16-6-13(7-18)3-4-13/h1-2,5,18H,3-4,6-7H2,(H,16,19)(H,17,20). The Kier molecular flexibility index (Phi) is 3.99. The number of anilines is 1. The number of aliphatic hydroxyl groups excluding tert-OH is 1. The van der Waals surface area contributed by atoms with Crippen LogP contribution < -0.4 is 10.6 Å². The lowest BCUT2D eigenvalue weighted by Gasteiger charge is -2.12. The third-order valence-corrected chi connectivity index (χ3v) is 3.30. The van der Waals surface area contributed by atoms with E-state index in [4.69, 9.17) is 5.11 Å². The molecule has 5 nitrogen and oxygen atoms in total. The molecule has 2 amide bonds. The first-order chi connectivity index (χ1) is 9.46. The first-order valence-corrected chi connectivity index (χ1v) is 6.11. The maximum Gasteiger partial charge on any atom is 0.313 e. The SMILES string of the molecule is O=C(NCC1(CO)CC1)C(=O)Nc1cc(F)ccc1F. The van der Waals surface area contributed by atoms with Crippen LogP contribution in [-0.2, 0) is 9.59 Å². The zero-order valence-electron chi connectivity index (χ0n) is 10.6. The zero-order valence-corrected chi connectivity index (χ0v) is 10.6. The molecule has 0 aliphatic heterocycles. The molecule has 0 heterocycles. The summed E-state index contributed by atoms with van der Waals surface area (Å²) in [6.07, 6.45) is 1.56. The Balaban J connectivity index is 1.90. The summed E-state index contributed by atoms with van der Waals surface area (Å²) < 4.78 is 26.2. The van der Waals surface area contributed by atoms with Crippen LogP contribution in [0.2, 0.25) is 0 Å². The predicted molar refractivity (Wildman–Crippen MR) is 66.8 cm³/mol. The Morgan fingerprint density at radius 1 is 1.25 bits per heavy atom. The lowest BCUT2D eigenvalue weighted by atomic mass is 10.1. The van der Waals surface area contributed by atoms with Gasteiger partial charge in [0.25, 0.3) is 0 Å². The highest BCUT2D eigenvalue weighted by atomic mass is 19.1. The third-order valence-electron chi connectivity index (χ3n) is 3.30. The number of halogens is 2. The van der Waals surface area contributed by atoms with E-state index in [1.807, 2.05) is 5.32 Å². The maximum atomic E-state index is 13.3. The molecule has 0 radical (unpaired) electrons. The summed E-state index contributed by atoms with van der Waals surface area (Å²) >= 11 is 0. The monoisotopic (exact) mass is 284 g/mol. The maximum absolute atomic E-state index is 13.3. The van der Waals surface area contributed by atoms with E-state index in [0.717, 1.165) is 31.0 Å². The molecule has 3 N–H and O–H groups in total. The Morgan fingerprint density at radius 2 is 1.95 bits per heavy atom. The van der Waals surface area contributed by atoms with Crippen LogP contribution >= 0.6 is 0 Å². The Labute approximate surface area is 114 Å². The number of nitrogens with one attached hydrogen (secondary N) is 2. The molecular weight excluding hydrogens is 270 g/mol. The Hall–Kier alpha value is -2.02. The molecule has 1 aliphatic rings. The minimum atomic E-state index is -1.08. The second-order valence-electron chi connectivity index (χ2n) is 4.92. The fourth-order valence-electron chi connectivity index (χ4n) is 1.69. The van der Waals surface area contributed by atoms with Gasteiger partial charge in [0.05, 0.1) is 12.3 Å². The summed E-state index contributed by atoms with van der Waals surface area (Å²) in [6, 6.07) is 2.55. The van der Waals surface area contributed by atoms with E-state index in [-0.39, 0.29) is 18.6 Å². The van der Waals surface area contributed by atoms with E-state index < -0.39 is 29.1 Å². The molecule has 2 rings (SSSR count). The molecular formula is C13H14F2N2O3. The van der Waals surface area contributed by atoms with Gasteiger partial charge in [0.1, 0.15) is 11.6 Å². The van der Waals surface area contributed by atoms with E-state index in [0.29, 0.717) is 0 Å². The summed E-state index contributed by atoms with van der Waals surface area (Å²) in [4.78, 5) is 23.0. The molecule has 0 bridgehead atoms. The van der Waals surface area contributed by atoms with E-state index >= 15 is 0 Å². The van der Waals surface area contributed by atoms with E-state index in [2.05, 4.69) is 5.32 Å². The molecule has 1 aromatic rings. The smallest absolute Gasteiger partial charge is 0.313 e. The van der Waals surface area contributed by atoms with E-state index in [9.17, 15) is 18.4 Å². The number of hydrogen-bond acceptors (Lipinski definition) is 3. The summed E-state index contributed by atoms with van der Waals surface area (Å²) in [7, 11) is 0. The van der Waals surface area contributed by atoms with Crippen molar-refractivity contribution in [3.8, 4) is 0 Å². The van der Waals surface area contributed by atoms with E-state index in [1.54, 1.807) is 0 Å². The van der Waals surface area contributed by atoms with Gasteiger partial charge >= 0.3 is 11.8 Å². The van der Waals surface area contributed by atoms with Crippen molar-refractivity contribution in [2.75, 3.05) is 18.5 Å². The summed E-state index contributed by atoms with van der Waals surface area (Å²) in [5.74, 6) is -3.59. The number of hydrogen-bond donors (Lipinski definition) is 3. The van der Waals surface area contributed by atoms with Gasteiger partial charge in [0.2, 0.25) is 0 Å². The molecule has 1 aliphatic carbocycles. The fourth-order valence-corrected chi connectivity index (χ4v) is 1.69. The minimum absolute atomic E-state index is 0.0621. The van der Waals surface area contributed by atoms with Crippen molar-refractivity contribution in [1.82, 2.24) is 5.32 Å². The largest absolute Gasteiger partial charge is 0.396 e. The quantitative estimate of drug-likeness (QED) is 0.715. The van der Waals surface area contributed by atoms with Crippen LogP contribution in [0.5, 0.6) is 0 Å². The molecule has 0 spiro atoms. The first kappa shape index (κ1) is 14.4. The first-order valence-electron chi connectivity index (χ1n) is 6.11. The van der Waals surface area contributed by atoms with Crippen LogP contribution in [0.4, 0.5) is 14.5 Å². The lowest BCUT2D eigenvalue weighted by molar-refractivity contribution is -0.136. The average Bonchev–Trinajstić information content (AvgIpc) is 3.21. The zero-order chi connectivity index (χ0) is 14.8. The number of amides is 2. The second kappa shape index (κ2) is 5.54. The van der Waals surface area contributed by atoms with Crippen molar-refractivity contribution in [2.45, 2.75) is 12.8 Å². The third kappa shape index (κ3) is 3.30. The molecule has 108 valence electrons. The molecule has 1 aromatic carbocycles. The minimum Gasteiger partial charge on any atom is -0.396 e. The summed E-state index contributed by atoms with van der Waals surface area (Å²) in [5.41, 5.74) is -0.728. The predicted octanol–water partition coefficient (Wildman–Crippen LogP) is 0.792. The Morgan fingerprint density at radius 3 is 2.55 bits per heavy atom. The van der Waals surface area contributed by atoms with Gasteiger partial charge in [-0.1, -0.05) is 0 Å². The van der Waals surface area contributed by atoms with Gasteiger partial charge in [-0.05, 0) is 25.0 Å². The van der Waals surface area contributed by atoms with Gasteiger partial charge in [-0.15, -0.1) is 0 Å². The highest BCUT2D eigenvalue weighted by Gasteiger charge is 2.42. The average molecular weight is 284 g/mol. The number of rotatable bonds is 4. The normalized spacial score (nSPS) is 15.6. The van der Waals surface area contributed by atoms with E-state index in [1.165, 1.54) is 0 Å². The van der Waals surface area contributed by atoms with Gasteiger partial charge in [-0.3, -0.25) is 9.59 Å². The van der Waals surface area contributed by atoms with Crippen molar-refractivity contribution in [3.05, 3.63) is 29.8 Å². The van der Waals surface area contributed by atoms with Gasteiger partial charge in [-0.25, -0.2) is 8.78 Å². The van der Waals surface area contributed by atoms with Crippen LogP contribution in [-0.4, -0.2) is 30.1 Å². The highest BCUT2D eigenvalue weighted by Crippen LogP contribution is 2.44. The van der Waals surface area contributed by atoms with Crippen LogP contribution in [0.25, 0.3) is 0 Å². The van der Waals surface area contributed by atoms with Gasteiger partial charge in [0.15, 0.2) is 0 Å². The van der Waals surface area contributed by atoms with Gasteiger partial charge < -0.3 is 15.7 Å². The number of benzene rings is 1. The second-order valence-corrected chi connectivity index (χ2v) is 4.92. The van der Waals surface area contributed by atoms with Crippen molar-refractivity contribution < 1.29 is 23.5 Å². The molecule has 20 heavy (non-hydrogen) atoms. The summed E-state index contributed by atoms with van der Waals surface area (Å²) in [6.45, 7) is 0.120. The molecule has 1 fully saturated rings. The number of carbonyl (C=O) groups is 2.